The summed E-state index contributed by atoms with van der Waals surface area (Å²) >= 11 is 7.08. The lowest BCUT2D eigenvalue weighted by Gasteiger charge is -2.12. The number of ether oxygens (including phenoxy) is 1. The summed E-state index contributed by atoms with van der Waals surface area (Å²) < 4.78 is 5.62. The van der Waals surface area contributed by atoms with Crippen molar-refractivity contribution in [3.63, 3.8) is 0 Å². The average molecular weight is 299 g/mol. The maximum atomic E-state index is 11.2. The molecule has 0 aliphatic heterocycles. The van der Waals surface area contributed by atoms with Crippen LogP contribution < -0.4 is 10.1 Å². The van der Waals surface area contributed by atoms with Crippen LogP contribution >= 0.6 is 22.9 Å². The molecule has 2 aromatic rings. The highest BCUT2D eigenvalue weighted by Crippen LogP contribution is 2.29. The van der Waals surface area contributed by atoms with Crippen molar-refractivity contribution in [3.05, 3.63) is 39.3 Å². The third kappa shape index (κ3) is 3.15. The van der Waals surface area contributed by atoms with Crippen LogP contribution in [0.25, 0.3) is 0 Å². The summed E-state index contributed by atoms with van der Waals surface area (Å²) in [5.41, 5.74) is 0.608. The predicted octanol–water partition coefficient (Wildman–Crippen LogP) is 3.12. The fourth-order valence-electron chi connectivity index (χ4n) is 1.60. The molecule has 0 saturated heterocycles. The second-order valence-corrected chi connectivity index (χ2v) is 5.32. The van der Waals surface area contributed by atoms with Crippen LogP contribution in [0.1, 0.15) is 15.2 Å². The summed E-state index contributed by atoms with van der Waals surface area (Å²) in [7, 11) is 1.50. The number of carboxylic acid groups (broad SMARTS) is 1. The number of halogens is 1. The van der Waals surface area contributed by atoms with Crippen LogP contribution in [0.3, 0.4) is 0 Å². The van der Waals surface area contributed by atoms with E-state index in [1.54, 1.807) is 18.3 Å². The molecule has 0 unspecified atom stereocenters. The van der Waals surface area contributed by atoms with Gasteiger partial charge in [-0.25, -0.2) is 9.78 Å². The summed E-state index contributed by atoms with van der Waals surface area (Å²) in [6, 6.07) is 4.86. The number of anilines is 1. The lowest BCUT2D eigenvalue weighted by atomic mass is 10.1. The molecule has 0 aliphatic carbocycles. The second-order valence-electron chi connectivity index (χ2n) is 3.62. The standard InChI is InChI=1S/C12H11ClN2O3S/c1-18-9-4-2-3-8(11(16)17)10(9)14-5-7-6-15-12(13)19-7/h2-4,6,14H,5H2,1H3,(H,16,17). The fraction of sp³-hybridized carbons (Fsp3) is 0.167. The first-order valence-electron chi connectivity index (χ1n) is 5.36. The van der Waals surface area contributed by atoms with Crippen LogP contribution in [-0.2, 0) is 6.54 Å². The van der Waals surface area contributed by atoms with Gasteiger partial charge in [0.1, 0.15) is 5.75 Å². The Kier molecular flexibility index (Phi) is 4.24. The second kappa shape index (κ2) is 5.90. The van der Waals surface area contributed by atoms with E-state index in [0.29, 0.717) is 22.4 Å². The van der Waals surface area contributed by atoms with Crippen molar-refractivity contribution in [2.45, 2.75) is 6.54 Å². The van der Waals surface area contributed by atoms with E-state index in [2.05, 4.69) is 10.3 Å². The Hall–Kier alpha value is -1.79. The Morgan fingerprint density at radius 2 is 2.37 bits per heavy atom. The number of aromatic carboxylic acids is 1. The minimum absolute atomic E-state index is 0.162. The third-order valence-electron chi connectivity index (χ3n) is 2.44. The van der Waals surface area contributed by atoms with Crippen molar-refractivity contribution in [3.8, 4) is 5.75 Å². The number of nitrogens with one attached hydrogen (secondary N) is 1. The number of aromatic nitrogens is 1. The molecule has 1 aromatic heterocycles. The van der Waals surface area contributed by atoms with Crippen molar-refractivity contribution in [2.24, 2.45) is 0 Å². The number of para-hydroxylation sites is 1. The van der Waals surface area contributed by atoms with E-state index >= 15 is 0 Å². The first kappa shape index (κ1) is 13.6. The van der Waals surface area contributed by atoms with Crippen LogP contribution in [0, 0.1) is 0 Å². The average Bonchev–Trinajstić information content (AvgIpc) is 2.81. The van der Waals surface area contributed by atoms with Gasteiger partial charge >= 0.3 is 5.97 Å². The molecule has 2 N–H and O–H groups in total. The van der Waals surface area contributed by atoms with Gasteiger partial charge in [-0.15, -0.1) is 11.3 Å². The molecule has 0 amide bonds. The van der Waals surface area contributed by atoms with Gasteiger partial charge in [0.25, 0.3) is 0 Å². The highest BCUT2D eigenvalue weighted by molar-refractivity contribution is 7.15. The minimum Gasteiger partial charge on any atom is -0.495 e. The molecule has 19 heavy (non-hydrogen) atoms. The molecule has 1 heterocycles. The van der Waals surface area contributed by atoms with Crippen LogP contribution in [-0.4, -0.2) is 23.2 Å². The molecule has 7 heteroatoms. The quantitative estimate of drug-likeness (QED) is 0.887. The fourth-order valence-corrected chi connectivity index (χ4v) is 2.52. The van der Waals surface area contributed by atoms with Gasteiger partial charge in [-0.1, -0.05) is 17.7 Å². The molecule has 0 bridgehead atoms. The van der Waals surface area contributed by atoms with E-state index in [1.807, 2.05) is 0 Å². The first-order chi connectivity index (χ1) is 9.11. The Bertz CT molecular complexity index is 600. The van der Waals surface area contributed by atoms with Gasteiger partial charge in [-0.05, 0) is 12.1 Å². The first-order valence-corrected chi connectivity index (χ1v) is 6.55. The molecule has 0 aliphatic rings. The Morgan fingerprint density at radius 1 is 1.58 bits per heavy atom. The van der Waals surface area contributed by atoms with E-state index < -0.39 is 5.97 Å². The molecule has 0 atom stereocenters. The highest BCUT2D eigenvalue weighted by Gasteiger charge is 2.14. The SMILES string of the molecule is COc1cccc(C(=O)O)c1NCc1cnc(Cl)s1. The molecule has 0 radical (unpaired) electrons. The molecule has 5 nitrogen and oxygen atoms in total. The van der Waals surface area contributed by atoms with Crippen molar-refractivity contribution in [1.82, 2.24) is 4.98 Å². The summed E-state index contributed by atoms with van der Waals surface area (Å²) in [5.74, 6) is -0.528. The van der Waals surface area contributed by atoms with Crippen LogP contribution in [0.2, 0.25) is 4.47 Å². The lowest BCUT2D eigenvalue weighted by molar-refractivity contribution is 0.0697. The van der Waals surface area contributed by atoms with Crippen molar-refractivity contribution < 1.29 is 14.6 Å². The number of rotatable bonds is 5. The van der Waals surface area contributed by atoms with Gasteiger partial charge in [0, 0.05) is 11.1 Å². The van der Waals surface area contributed by atoms with Gasteiger partial charge in [0.15, 0.2) is 4.47 Å². The van der Waals surface area contributed by atoms with E-state index in [9.17, 15) is 4.79 Å². The van der Waals surface area contributed by atoms with Crippen molar-refractivity contribution in [2.75, 3.05) is 12.4 Å². The van der Waals surface area contributed by atoms with Crippen LogP contribution in [0.15, 0.2) is 24.4 Å². The zero-order chi connectivity index (χ0) is 13.8. The van der Waals surface area contributed by atoms with Crippen LogP contribution in [0.4, 0.5) is 5.69 Å². The smallest absolute Gasteiger partial charge is 0.337 e. The van der Waals surface area contributed by atoms with E-state index in [0.717, 1.165) is 4.88 Å². The minimum atomic E-state index is -1.01. The maximum Gasteiger partial charge on any atom is 0.337 e. The Labute approximate surface area is 118 Å². The van der Waals surface area contributed by atoms with Gasteiger partial charge < -0.3 is 15.2 Å². The third-order valence-corrected chi connectivity index (χ3v) is 3.56. The summed E-state index contributed by atoms with van der Waals surface area (Å²) in [6.45, 7) is 0.436. The number of thiazole rings is 1. The molecule has 2 rings (SSSR count). The van der Waals surface area contributed by atoms with E-state index in [4.69, 9.17) is 21.4 Å². The predicted molar refractivity (Wildman–Crippen MR) is 74.4 cm³/mol. The summed E-state index contributed by atoms with van der Waals surface area (Å²) in [6.07, 6.45) is 1.65. The van der Waals surface area contributed by atoms with Crippen LogP contribution in [0.5, 0.6) is 5.75 Å². The molecular formula is C12H11ClN2O3S. The normalized spacial score (nSPS) is 10.2. The number of hydrogen-bond acceptors (Lipinski definition) is 5. The summed E-state index contributed by atoms with van der Waals surface area (Å²) in [4.78, 5) is 16.0. The Balaban J connectivity index is 2.25. The number of benzene rings is 1. The Morgan fingerprint density at radius 3 is 2.95 bits per heavy atom. The molecule has 100 valence electrons. The maximum absolute atomic E-state index is 11.2. The topological polar surface area (TPSA) is 71.5 Å². The molecule has 0 saturated carbocycles. The zero-order valence-corrected chi connectivity index (χ0v) is 11.6. The number of hydrogen-bond donors (Lipinski definition) is 2. The molecule has 1 aromatic carbocycles. The molecular weight excluding hydrogens is 288 g/mol. The van der Waals surface area contributed by atoms with Crippen molar-refractivity contribution in [1.29, 1.82) is 0 Å². The molecule has 0 fully saturated rings. The van der Waals surface area contributed by atoms with E-state index in [1.165, 1.54) is 24.5 Å². The van der Waals surface area contributed by atoms with Gasteiger partial charge in [0.2, 0.25) is 0 Å². The summed E-state index contributed by atoms with van der Waals surface area (Å²) in [5, 5.41) is 12.2. The van der Waals surface area contributed by atoms with Gasteiger partial charge in [-0.3, -0.25) is 0 Å². The number of carbonyl (C=O) groups is 1. The number of methoxy groups -OCH3 is 1. The van der Waals surface area contributed by atoms with Crippen molar-refractivity contribution >= 4 is 34.6 Å². The monoisotopic (exact) mass is 298 g/mol. The van der Waals surface area contributed by atoms with Gasteiger partial charge in [0.05, 0.1) is 24.9 Å². The largest absolute Gasteiger partial charge is 0.495 e. The lowest BCUT2D eigenvalue weighted by Crippen LogP contribution is -2.07. The van der Waals surface area contributed by atoms with E-state index in [-0.39, 0.29) is 5.56 Å². The number of carboxylic acids is 1. The highest BCUT2D eigenvalue weighted by atomic mass is 35.5. The zero-order valence-electron chi connectivity index (χ0n) is 10.0. The molecule has 0 spiro atoms. The van der Waals surface area contributed by atoms with Gasteiger partial charge in [-0.2, -0.15) is 0 Å². The number of nitrogens with zero attached hydrogens (tertiary/aromatic N) is 1.